The first-order valence-corrected chi connectivity index (χ1v) is 7.22. The molecule has 0 amide bonds. The quantitative estimate of drug-likeness (QED) is 0.801. The molecule has 5 nitrogen and oxygen atoms in total. The molecule has 2 heterocycles. The van der Waals surface area contributed by atoms with E-state index in [4.69, 9.17) is 0 Å². The van der Waals surface area contributed by atoms with Gasteiger partial charge in [-0.1, -0.05) is 12.1 Å². The van der Waals surface area contributed by atoms with E-state index in [1.807, 2.05) is 12.3 Å². The van der Waals surface area contributed by atoms with Gasteiger partial charge < -0.3 is 5.32 Å². The van der Waals surface area contributed by atoms with Crippen LogP contribution in [0.25, 0.3) is 11.3 Å². The normalized spacial score (nSPS) is 12.1. The average molecular weight is 301 g/mol. The molecule has 0 saturated carbocycles. The van der Waals surface area contributed by atoms with Crippen LogP contribution in [0.15, 0.2) is 42.0 Å². The first kappa shape index (κ1) is 13.6. The molecular weight excluding hydrogens is 289 g/mol. The number of aromatic nitrogens is 4. The number of thiazole rings is 1. The van der Waals surface area contributed by atoms with E-state index in [9.17, 15) is 4.39 Å². The molecule has 0 spiro atoms. The number of halogens is 1. The number of hydrogen-bond donors (Lipinski definition) is 1. The molecule has 1 aromatic carbocycles. The average Bonchev–Trinajstić information content (AvgIpc) is 3.02. The second kappa shape index (κ2) is 5.92. The van der Waals surface area contributed by atoms with Gasteiger partial charge in [-0.05, 0) is 19.1 Å². The standard InChI is InChI=1S/C14H12FN5S/c1-9(13-16-5-6-21-13)18-14-19-12(8-17-20-14)10-3-2-4-11(15)7-10/h2-9H,1H3,(H,18,19,20)/t9-/m1/s1. The third-order valence-electron chi connectivity index (χ3n) is 2.85. The van der Waals surface area contributed by atoms with Crippen molar-refractivity contribution in [1.29, 1.82) is 0 Å². The van der Waals surface area contributed by atoms with Crippen molar-refractivity contribution < 1.29 is 4.39 Å². The van der Waals surface area contributed by atoms with Gasteiger partial charge in [-0.25, -0.2) is 14.4 Å². The van der Waals surface area contributed by atoms with Crippen molar-refractivity contribution in [2.45, 2.75) is 13.0 Å². The molecule has 0 aliphatic carbocycles. The van der Waals surface area contributed by atoms with E-state index in [-0.39, 0.29) is 11.9 Å². The molecule has 0 aliphatic heterocycles. The number of anilines is 1. The van der Waals surface area contributed by atoms with Crippen molar-refractivity contribution in [3.05, 3.63) is 52.9 Å². The highest BCUT2D eigenvalue weighted by Crippen LogP contribution is 2.21. The van der Waals surface area contributed by atoms with Gasteiger partial charge in [-0.15, -0.1) is 16.4 Å². The molecular formula is C14H12FN5S. The molecule has 7 heteroatoms. The van der Waals surface area contributed by atoms with Crippen molar-refractivity contribution >= 4 is 17.3 Å². The molecule has 3 aromatic rings. The maximum atomic E-state index is 13.3. The van der Waals surface area contributed by atoms with Gasteiger partial charge in [-0.3, -0.25) is 0 Å². The minimum absolute atomic E-state index is 0.0189. The monoisotopic (exact) mass is 301 g/mol. The predicted octanol–water partition coefficient (Wildman–Crippen LogP) is 3.31. The summed E-state index contributed by atoms with van der Waals surface area (Å²) in [6, 6.07) is 6.20. The molecule has 0 radical (unpaired) electrons. The molecule has 0 unspecified atom stereocenters. The third kappa shape index (κ3) is 3.19. The van der Waals surface area contributed by atoms with Crippen LogP contribution in [0, 0.1) is 5.82 Å². The van der Waals surface area contributed by atoms with Crippen LogP contribution >= 0.6 is 11.3 Å². The summed E-state index contributed by atoms with van der Waals surface area (Å²) >= 11 is 1.55. The van der Waals surface area contributed by atoms with E-state index >= 15 is 0 Å². The topological polar surface area (TPSA) is 63.6 Å². The molecule has 21 heavy (non-hydrogen) atoms. The molecule has 1 atom stereocenters. The zero-order chi connectivity index (χ0) is 14.7. The van der Waals surface area contributed by atoms with Crippen LogP contribution in [0.2, 0.25) is 0 Å². The van der Waals surface area contributed by atoms with Gasteiger partial charge in [0.2, 0.25) is 5.95 Å². The third-order valence-corrected chi connectivity index (χ3v) is 3.80. The molecule has 0 fully saturated rings. The lowest BCUT2D eigenvalue weighted by Crippen LogP contribution is -2.10. The number of rotatable bonds is 4. The van der Waals surface area contributed by atoms with Crippen LogP contribution in [0.1, 0.15) is 18.0 Å². The SMILES string of the molecule is C[C@@H](Nc1nncc(-c2cccc(F)c2)n1)c1nccs1. The van der Waals surface area contributed by atoms with Crippen molar-refractivity contribution in [3.8, 4) is 11.3 Å². The molecule has 3 rings (SSSR count). The number of nitrogens with zero attached hydrogens (tertiary/aromatic N) is 4. The highest BCUT2D eigenvalue weighted by Gasteiger charge is 2.11. The Labute approximate surface area is 124 Å². The Balaban J connectivity index is 1.83. The zero-order valence-electron chi connectivity index (χ0n) is 11.2. The minimum Gasteiger partial charge on any atom is -0.344 e. The second-order valence-corrected chi connectivity index (χ2v) is 5.34. The van der Waals surface area contributed by atoms with Crippen molar-refractivity contribution in [2.24, 2.45) is 0 Å². The van der Waals surface area contributed by atoms with Gasteiger partial charge in [0.05, 0.1) is 17.9 Å². The smallest absolute Gasteiger partial charge is 0.243 e. The van der Waals surface area contributed by atoms with Gasteiger partial charge in [0.25, 0.3) is 0 Å². The van der Waals surface area contributed by atoms with Gasteiger partial charge in [-0.2, -0.15) is 5.10 Å². The summed E-state index contributed by atoms with van der Waals surface area (Å²) in [6.45, 7) is 1.97. The Morgan fingerprint density at radius 1 is 1.33 bits per heavy atom. The Morgan fingerprint density at radius 2 is 2.24 bits per heavy atom. The van der Waals surface area contributed by atoms with Gasteiger partial charge in [0.15, 0.2) is 0 Å². The van der Waals surface area contributed by atoms with Gasteiger partial charge in [0.1, 0.15) is 10.8 Å². The van der Waals surface area contributed by atoms with E-state index in [0.29, 0.717) is 17.2 Å². The molecule has 0 saturated heterocycles. The fourth-order valence-electron chi connectivity index (χ4n) is 1.86. The molecule has 1 N–H and O–H groups in total. The lowest BCUT2D eigenvalue weighted by molar-refractivity contribution is 0.628. The lowest BCUT2D eigenvalue weighted by Gasteiger charge is -2.11. The van der Waals surface area contributed by atoms with E-state index in [2.05, 4.69) is 25.5 Å². The summed E-state index contributed by atoms with van der Waals surface area (Å²) in [6.07, 6.45) is 3.26. The van der Waals surface area contributed by atoms with Crippen LogP contribution in [-0.4, -0.2) is 20.2 Å². The first-order valence-electron chi connectivity index (χ1n) is 6.34. The summed E-state index contributed by atoms with van der Waals surface area (Å²) in [5.41, 5.74) is 1.23. The minimum atomic E-state index is -0.309. The molecule has 0 bridgehead atoms. The summed E-state index contributed by atoms with van der Waals surface area (Å²) < 4.78 is 13.3. The number of nitrogens with one attached hydrogen (secondary N) is 1. The molecule has 0 aliphatic rings. The largest absolute Gasteiger partial charge is 0.344 e. The van der Waals surface area contributed by atoms with E-state index in [0.717, 1.165) is 5.01 Å². The Kier molecular flexibility index (Phi) is 3.83. The number of benzene rings is 1. The van der Waals surface area contributed by atoms with Crippen molar-refractivity contribution in [2.75, 3.05) is 5.32 Å². The van der Waals surface area contributed by atoms with Crippen LogP contribution < -0.4 is 5.32 Å². The predicted molar refractivity (Wildman–Crippen MR) is 79.4 cm³/mol. The molecule has 106 valence electrons. The van der Waals surface area contributed by atoms with E-state index in [1.165, 1.54) is 18.3 Å². The van der Waals surface area contributed by atoms with Crippen LogP contribution in [0.5, 0.6) is 0 Å². The summed E-state index contributed by atoms with van der Waals surface area (Å²) in [7, 11) is 0. The summed E-state index contributed by atoms with van der Waals surface area (Å²) in [5.74, 6) is 0.0798. The fraction of sp³-hybridized carbons (Fsp3) is 0.143. The van der Waals surface area contributed by atoms with Crippen LogP contribution in [0.4, 0.5) is 10.3 Å². The van der Waals surface area contributed by atoms with Gasteiger partial charge >= 0.3 is 0 Å². The molecule has 2 aromatic heterocycles. The maximum absolute atomic E-state index is 13.3. The highest BCUT2D eigenvalue weighted by atomic mass is 32.1. The Bertz CT molecular complexity index is 732. The Morgan fingerprint density at radius 3 is 3.00 bits per heavy atom. The number of hydrogen-bond acceptors (Lipinski definition) is 6. The van der Waals surface area contributed by atoms with Crippen molar-refractivity contribution in [1.82, 2.24) is 20.2 Å². The maximum Gasteiger partial charge on any atom is 0.243 e. The van der Waals surface area contributed by atoms with Crippen molar-refractivity contribution in [3.63, 3.8) is 0 Å². The van der Waals surface area contributed by atoms with Crippen LogP contribution in [0.3, 0.4) is 0 Å². The summed E-state index contributed by atoms with van der Waals surface area (Å²) in [5, 5.41) is 13.8. The summed E-state index contributed by atoms with van der Waals surface area (Å²) in [4.78, 5) is 8.59. The zero-order valence-corrected chi connectivity index (χ0v) is 12.0. The van der Waals surface area contributed by atoms with Crippen LogP contribution in [-0.2, 0) is 0 Å². The van der Waals surface area contributed by atoms with Gasteiger partial charge in [0, 0.05) is 17.1 Å². The Hall–Kier alpha value is -2.41. The first-order chi connectivity index (χ1) is 10.2. The van der Waals surface area contributed by atoms with E-state index < -0.39 is 0 Å². The lowest BCUT2D eigenvalue weighted by atomic mass is 10.2. The highest BCUT2D eigenvalue weighted by molar-refractivity contribution is 7.09. The fourth-order valence-corrected chi connectivity index (χ4v) is 2.50. The second-order valence-electron chi connectivity index (χ2n) is 4.41. The van der Waals surface area contributed by atoms with E-state index in [1.54, 1.807) is 29.7 Å².